The molecule has 3 nitrogen and oxygen atoms in total. The van der Waals surface area contributed by atoms with Crippen molar-refractivity contribution < 1.29 is 4.79 Å². The molecule has 0 aliphatic carbocycles. The summed E-state index contributed by atoms with van der Waals surface area (Å²) in [6.45, 7) is 8.22. The maximum Gasteiger partial charge on any atom is 0.254 e. The van der Waals surface area contributed by atoms with Gasteiger partial charge in [-0.25, -0.2) is 0 Å². The van der Waals surface area contributed by atoms with Gasteiger partial charge in [0.05, 0.1) is 0 Å². The minimum atomic E-state index is 0.153. The van der Waals surface area contributed by atoms with E-state index in [0.717, 1.165) is 25.1 Å². The van der Waals surface area contributed by atoms with Gasteiger partial charge in [0.25, 0.3) is 5.91 Å². The Labute approximate surface area is 128 Å². The van der Waals surface area contributed by atoms with Crippen LogP contribution in [-0.2, 0) is 6.42 Å². The highest BCUT2D eigenvalue weighted by molar-refractivity contribution is 5.94. The van der Waals surface area contributed by atoms with E-state index in [1.807, 2.05) is 17.0 Å². The quantitative estimate of drug-likeness (QED) is 0.902. The zero-order valence-corrected chi connectivity index (χ0v) is 13.6. The van der Waals surface area contributed by atoms with Crippen LogP contribution in [0.3, 0.4) is 0 Å². The van der Waals surface area contributed by atoms with Crippen molar-refractivity contribution in [3.63, 3.8) is 0 Å². The van der Waals surface area contributed by atoms with Gasteiger partial charge >= 0.3 is 0 Å². The van der Waals surface area contributed by atoms with E-state index < -0.39 is 0 Å². The molecule has 0 spiro atoms. The molecule has 3 heteroatoms. The predicted molar refractivity (Wildman–Crippen MR) is 87.6 cm³/mol. The van der Waals surface area contributed by atoms with Crippen molar-refractivity contribution >= 4 is 5.91 Å². The first-order valence-electron chi connectivity index (χ1n) is 8.25. The van der Waals surface area contributed by atoms with Gasteiger partial charge in [0.2, 0.25) is 0 Å². The molecule has 1 heterocycles. The lowest BCUT2D eigenvalue weighted by Crippen LogP contribution is -2.48. The third kappa shape index (κ3) is 4.31. The van der Waals surface area contributed by atoms with Gasteiger partial charge < -0.3 is 10.2 Å². The molecule has 1 N–H and O–H groups in total. The molecule has 1 atom stereocenters. The molecule has 1 amide bonds. The maximum absolute atomic E-state index is 12.8. The second-order valence-corrected chi connectivity index (χ2v) is 6.25. The highest BCUT2D eigenvalue weighted by atomic mass is 16.2. The minimum Gasteiger partial charge on any atom is -0.335 e. The number of carbonyl (C=O) groups excluding carboxylic acids is 1. The average Bonchev–Trinajstić information content (AvgIpc) is 2.53. The van der Waals surface area contributed by atoms with Gasteiger partial charge in [-0.2, -0.15) is 0 Å². The van der Waals surface area contributed by atoms with Crippen LogP contribution in [0.1, 0.15) is 56.0 Å². The van der Waals surface area contributed by atoms with E-state index >= 15 is 0 Å². The van der Waals surface area contributed by atoms with Gasteiger partial charge in [-0.05, 0) is 57.4 Å². The predicted octanol–water partition coefficient (Wildman–Crippen LogP) is 3.24. The van der Waals surface area contributed by atoms with Crippen LogP contribution in [0.25, 0.3) is 0 Å². The van der Waals surface area contributed by atoms with Crippen molar-refractivity contribution in [3.05, 3.63) is 35.4 Å². The first kappa shape index (κ1) is 16.0. The van der Waals surface area contributed by atoms with Crippen molar-refractivity contribution in [2.75, 3.05) is 13.1 Å². The monoisotopic (exact) mass is 288 g/mol. The molecule has 2 rings (SSSR count). The van der Waals surface area contributed by atoms with Crippen LogP contribution in [0.4, 0.5) is 0 Å². The molecule has 0 radical (unpaired) electrons. The van der Waals surface area contributed by atoms with Crippen molar-refractivity contribution in [2.24, 2.45) is 0 Å². The van der Waals surface area contributed by atoms with Crippen LogP contribution in [0.2, 0.25) is 0 Å². The Bertz CT molecular complexity index is 447. The fourth-order valence-corrected chi connectivity index (χ4v) is 2.89. The van der Waals surface area contributed by atoms with E-state index in [9.17, 15) is 4.79 Å². The average molecular weight is 288 g/mol. The standard InChI is InChI=1S/C18H28N2O/c1-4-15-8-10-16(11-9-15)18(21)20(14(2)3)13-17-7-5-6-12-19-17/h8-11,14,17,19H,4-7,12-13H2,1-3H3. The Morgan fingerprint density at radius 2 is 2.00 bits per heavy atom. The minimum absolute atomic E-state index is 0.153. The molecular formula is C18H28N2O. The lowest BCUT2D eigenvalue weighted by atomic mass is 10.0. The summed E-state index contributed by atoms with van der Waals surface area (Å²) in [4.78, 5) is 14.8. The number of nitrogens with zero attached hydrogens (tertiary/aromatic N) is 1. The van der Waals surface area contributed by atoms with Gasteiger partial charge in [0, 0.05) is 24.2 Å². The van der Waals surface area contributed by atoms with E-state index in [2.05, 4.69) is 38.2 Å². The normalized spacial score (nSPS) is 18.8. The first-order valence-corrected chi connectivity index (χ1v) is 8.25. The highest BCUT2D eigenvalue weighted by Gasteiger charge is 2.23. The van der Waals surface area contributed by atoms with Gasteiger partial charge in [0.1, 0.15) is 0 Å². The molecule has 1 aliphatic heterocycles. The van der Waals surface area contributed by atoms with Crippen LogP contribution in [0.15, 0.2) is 24.3 Å². The smallest absolute Gasteiger partial charge is 0.254 e. The number of hydrogen-bond acceptors (Lipinski definition) is 2. The molecule has 0 aromatic heterocycles. The van der Waals surface area contributed by atoms with E-state index in [0.29, 0.717) is 6.04 Å². The molecule has 1 saturated heterocycles. The largest absolute Gasteiger partial charge is 0.335 e. The first-order chi connectivity index (χ1) is 10.1. The third-order valence-electron chi connectivity index (χ3n) is 4.32. The topological polar surface area (TPSA) is 32.3 Å². The van der Waals surface area contributed by atoms with Crippen molar-refractivity contribution in [3.8, 4) is 0 Å². The zero-order chi connectivity index (χ0) is 15.2. The molecular weight excluding hydrogens is 260 g/mol. The Balaban J connectivity index is 2.06. The number of benzene rings is 1. The van der Waals surface area contributed by atoms with Gasteiger partial charge in [0.15, 0.2) is 0 Å². The number of piperidine rings is 1. The van der Waals surface area contributed by atoms with Gasteiger partial charge in [-0.3, -0.25) is 4.79 Å². The van der Waals surface area contributed by atoms with E-state index in [-0.39, 0.29) is 11.9 Å². The fraction of sp³-hybridized carbons (Fsp3) is 0.611. The Hall–Kier alpha value is -1.35. The maximum atomic E-state index is 12.8. The van der Waals surface area contributed by atoms with Crippen LogP contribution < -0.4 is 5.32 Å². The van der Waals surface area contributed by atoms with Crippen LogP contribution in [-0.4, -0.2) is 36.0 Å². The summed E-state index contributed by atoms with van der Waals surface area (Å²) in [7, 11) is 0. The number of rotatable bonds is 5. The van der Waals surface area contributed by atoms with E-state index in [1.54, 1.807) is 0 Å². The molecule has 1 aromatic carbocycles. The summed E-state index contributed by atoms with van der Waals surface area (Å²) in [6, 6.07) is 8.72. The SMILES string of the molecule is CCc1ccc(C(=O)N(CC2CCCCN2)C(C)C)cc1. The molecule has 0 saturated carbocycles. The fourth-order valence-electron chi connectivity index (χ4n) is 2.89. The van der Waals surface area contributed by atoms with Crippen molar-refractivity contribution in [2.45, 2.75) is 58.5 Å². The summed E-state index contributed by atoms with van der Waals surface area (Å²) in [5.41, 5.74) is 2.08. The summed E-state index contributed by atoms with van der Waals surface area (Å²) in [5, 5.41) is 3.54. The zero-order valence-electron chi connectivity index (χ0n) is 13.6. The summed E-state index contributed by atoms with van der Waals surface area (Å²) in [5.74, 6) is 0.153. The Morgan fingerprint density at radius 3 is 2.52 bits per heavy atom. The highest BCUT2D eigenvalue weighted by Crippen LogP contribution is 2.14. The molecule has 0 bridgehead atoms. The van der Waals surface area contributed by atoms with Crippen molar-refractivity contribution in [1.29, 1.82) is 0 Å². The summed E-state index contributed by atoms with van der Waals surface area (Å²) >= 11 is 0. The molecule has 1 fully saturated rings. The van der Waals surface area contributed by atoms with Gasteiger partial charge in [-0.15, -0.1) is 0 Å². The molecule has 1 aromatic rings. The lowest BCUT2D eigenvalue weighted by Gasteiger charge is -2.33. The van der Waals surface area contributed by atoms with E-state index in [4.69, 9.17) is 0 Å². The van der Waals surface area contributed by atoms with Crippen LogP contribution in [0.5, 0.6) is 0 Å². The number of aryl methyl sites for hydroxylation is 1. The lowest BCUT2D eigenvalue weighted by molar-refractivity contribution is 0.0677. The molecule has 116 valence electrons. The molecule has 1 unspecified atom stereocenters. The van der Waals surface area contributed by atoms with Crippen LogP contribution >= 0.6 is 0 Å². The second-order valence-electron chi connectivity index (χ2n) is 6.25. The molecule has 1 aliphatic rings. The third-order valence-corrected chi connectivity index (χ3v) is 4.32. The van der Waals surface area contributed by atoms with E-state index in [1.165, 1.54) is 24.8 Å². The number of hydrogen-bond donors (Lipinski definition) is 1. The number of carbonyl (C=O) groups is 1. The molecule has 21 heavy (non-hydrogen) atoms. The van der Waals surface area contributed by atoms with Crippen LogP contribution in [0, 0.1) is 0 Å². The Kier molecular flexibility index (Phi) is 5.80. The van der Waals surface area contributed by atoms with Crippen molar-refractivity contribution in [1.82, 2.24) is 10.2 Å². The summed E-state index contributed by atoms with van der Waals surface area (Å²) < 4.78 is 0. The summed E-state index contributed by atoms with van der Waals surface area (Å²) in [6.07, 6.45) is 4.70. The number of nitrogens with one attached hydrogen (secondary N) is 1. The Morgan fingerprint density at radius 1 is 1.29 bits per heavy atom. The number of amides is 1. The van der Waals surface area contributed by atoms with Gasteiger partial charge in [-0.1, -0.05) is 25.5 Å². The second kappa shape index (κ2) is 7.60.